The van der Waals surface area contributed by atoms with Crippen molar-refractivity contribution < 1.29 is 9.59 Å². The van der Waals surface area contributed by atoms with Crippen LogP contribution in [0.1, 0.15) is 26.7 Å². The van der Waals surface area contributed by atoms with E-state index in [-0.39, 0.29) is 18.0 Å². The van der Waals surface area contributed by atoms with Crippen molar-refractivity contribution in [2.24, 2.45) is 0 Å². The van der Waals surface area contributed by atoms with Gasteiger partial charge in [0.15, 0.2) is 5.78 Å². The quantitative estimate of drug-likeness (QED) is 0.438. The van der Waals surface area contributed by atoms with Crippen molar-refractivity contribution in [1.29, 1.82) is 0 Å². The summed E-state index contributed by atoms with van der Waals surface area (Å²) in [6, 6.07) is 0. The molecule has 0 aromatic rings. The molecule has 0 aromatic heterocycles. The lowest BCUT2D eigenvalue weighted by Crippen LogP contribution is -2.06. The van der Waals surface area contributed by atoms with E-state index in [9.17, 15) is 9.59 Å². The Labute approximate surface area is 60.9 Å². The highest BCUT2D eigenvalue weighted by Crippen LogP contribution is 1.97. The third-order valence-corrected chi connectivity index (χ3v) is 1.23. The van der Waals surface area contributed by atoms with Gasteiger partial charge in [-0.2, -0.15) is 0 Å². The molecule has 0 atom stereocenters. The first-order chi connectivity index (χ1) is 4.57. The van der Waals surface area contributed by atoms with Crippen LogP contribution in [0.5, 0.6) is 0 Å². The number of ketones is 2. The fourth-order valence-electron chi connectivity index (χ4n) is 0.455. The molecule has 0 saturated carbocycles. The number of rotatable bonds is 4. The molecule has 2 heteroatoms. The van der Waals surface area contributed by atoms with Crippen LogP contribution >= 0.6 is 0 Å². The van der Waals surface area contributed by atoms with E-state index in [1.807, 2.05) is 0 Å². The van der Waals surface area contributed by atoms with Crippen molar-refractivity contribution in [1.82, 2.24) is 0 Å². The third-order valence-electron chi connectivity index (χ3n) is 1.23. The van der Waals surface area contributed by atoms with E-state index in [0.29, 0.717) is 12.0 Å². The molecule has 0 bridgehead atoms. The first-order valence-corrected chi connectivity index (χ1v) is 3.28. The van der Waals surface area contributed by atoms with Gasteiger partial charge in [-0.05, 0) is 12.5 Å². The second-order valence-corrected chi connectivity index (χ2v) is 2.27. The highest BCUT2D eigenvalue weighted by Gasteiger charge is 2.06. The number of allylic oxidation sites excluding steroid dienone is 1. The van der Waals surface area contributed by atoms with Gasteiger partial charge in [0.25, 0.3) is 0 Å². The fourth-order valence-corrected chi connectivity index (χ4v) is 0.455. The van der Waals surface area contributed by atoms with Crippen molar-refractivity contribution in [2.45, 2.75) is 26.7 Å². The van der Waals surface area contributed by atoms with E-state index in [4.69, 9.17) is 0 Å². The number of Topliss-reactive ketones (excluding diaryl/α,β-unsaturated/α-hetero) is 2. The Morgan fingerprint density at radius 2 is 1.90 bits per heavy atom. The molecule has 0 N–H and O–H groups in total. The Hall–Kier alpha value is -0.920. The molecule has 0 saturated heterocycles. The Bertz CT molecular complexity index is 168. The minimum Gasteiger partial charge on any atom is -0.299 e. The lowest BCUT2D eigenvalue weighted by Gasteiger charge is -1.94. The van der Waals surface area contributed by atoms with Gasteiger partial charge >= 0.3 is 0 Å². The van der Waals surface area contributed by atoms with Crippen molar-refractivity contribution in [3.63, 3.8) is 0 Å². The third kappa shape index (κ3) is 3.17. The summed E-state index contributed by atoms with van der Waals surface area (Å²) in [5, 5.41) is 0. The van der Waals surface area contributed by atoms with Gasteiger partial charge < -0.3 is 0 Å². The molecule has 0 fully saturated rings. The summed E-state index contributed by atoms with van der Waals surface area (Å²) in [5.41, 5.74) is 0.460. The molecule has 0 amide bonds. The predicted octanol–water partition coefficient (Wildman–Crippen LogP) is 1.50. The topological polar surface area (TPSA) is 34.1 Å². The fraction of sp³-hybridized carbons (Fsp3) is 0.500. The zero-order valence-corrected chi connectivity index (χ0v) is 6.44. The van der Waals surface area contributed by atoms with Gasteiger partial charge in [0.1, 0.15) is 5.78 Å². The zero-order valence-electron chi connectivity index (χ0n) is 6.44. The molecule has 0 rings (SSSR count). The van der Waals surface area contributed by atoms with E-state index < -0.39 is 0 Å². The minimum atomic E-state index is -0.146. The molecule has 0 radical (unpaired) electrons. The van der Waals surface area contributed by atoms with Gasteiger partial charge in [-0.3, -0.25) is 9.59 Å². The average Bonchev–Trinajstić information content (AvgIpc) is 1.87. The van der Waals surface area contributed by atoms with E-state index in [1.54, 1.807) is 13.8 Å². The van der Waals surface area contributed by atoms with Crippen LogP contribution in [0, 0.1) is 0 Å². The van der Waals surface area contributed by atoms with Crippen LogP contribution in [0.4, 0.5) is 0 Å². The normalized spacial score (nSPS) is 9.00. The lowest BCUT2D eigenvalue weighted by molar-refractivity contribution is -0.124. The maximum atomic E-state index is 10.8. The zero-order chi connectivity index (χ0) is 8.15. The van der Waals surface area contributed by atoms with Crippen molar-refractivity contribution in [3.05, 3.63) is 12.2 Å². The largest absolute Gasteiger partial charge is 0.299 e. The van der Waals surface area contributed by atoms with Crippen LogP contribution in [0.25, 0.3) is 0 Å². The number of hydrogen-bond acceptors (Lipinski definition) is 2. The van der Waals surface area contributed by atoms with Gasteiger partial charge in [-0.15, -0.1) is 0 Å². The highest BCUT2D eigenvalue weighted by atomic mass is 16.1. The maximum Gasteiger partial charge on any atom is 0.165 e. The molecule has 2 nitrogen and oxygen atoms in total. The van der Waals surface area contributed by atoms with Crippen LogP contribution in [0.2, 0.25) is 0 Å². The Kier molecular flexibility index (Phi) is 3.62. The summed E-state index contributed by atoms with van der Waals surface area (Å²) in [7, 11) is 0. The van der Waals surface area contributed by atoms with Crippen molar-refractivity contribution >= 4 is 11.6 Å². The van der Waals surface area contributed by atoms with Crippen molar-refractivity contribution in [2.75, 3.05) is 0 Å². The first-order valence-electron chi connectivity index (χ1n) is 3.28. The molecule has 0 aliphatic carbocycles. The monoisotopic (exact) mass is 140 g/mol. The van der Waals surface area contributed by atoms with E-state index >= 15 is 0 Å². The Morgan fingerprint density at radius 3 is 2.20 bits per heavy atom. The van der Waals surface area contributed by atoms with Gasteiger partial charge in [-0.25, -0.2) is 0 Å². The predicted molar refractivity (Wildman–Crippen MR) is 39.7 cm³/mol. The van der Waals surface area contributed by atoms with E-state index in [2.05, 4.69) is 6.58 Å². The summed E-state index contributed by atoms with van der Waals surface area (Å²) < 4.78 is 0. The molecule has 0 aliphatic rings. The van der Waals surface area contributed by atoms with Crippen LogP contribution in [-0.4, -0.2) is 11.6 Å². The maximum absolute atomic E-state index is 10.8. The van der Waals surface area contributed by atoms with Crippen molar-refractivity contribution in [3.8, 4) is 0 Å². The standard InChI is InChI=1S/C8H12O2/c1-4-7(9)5-8(10)6(2)3/h2,4-5H2,1,3H3. The molecule has 0 unspecified atom stereocenters. The molecular weight excluding hydrogens is 128 g/mol. The smallest absolute Gasteiger partial charge is 0.165 e. The second-order valence-electron chi connectivity index (χ2n) is 2.27. The molecule has 0 aromatic carbocycles. The summed E-state index contributed by atoms with van der Waals surface area (Å²) in [5.74, 6) is -0.167. The summed E-state index contributed by atoms with van der Waals surface area (Å²) in [6.45, 7) is 6.80. The van der Waals surface area contributed by atoms with Gasteiger partial charge in [0.05, 0.1) is 6.42 Å². The average molecular weight is 140 g/mol. The summed E-state index contributed by atoms with van der Waals surface area (Å²) in [6.07, 6.45) is 0.449. The summed E-state index contributed by atoms with van der Waals surface area (Å²) in [4.78, 5) is 21.5. The van der Waals surface area contributed by atoms with Gasteiger partial charge in [-0.1, -0.05) is 13.5 Å². The number of hydrogen-bond donors (Lipinski definition) is 0. The molecule has 56 valence electrons. The van der Waals surface area contributed by atoms with Crippen LogP contribution in [0.15, 0.2) is 12.2 Å². The van der Waals surface area contributed by atoms with Crippen LogP contribution in [0.3, 0.4) is 0 Å². The molecule has 10 heavy (non-hydrogen) atoms. The van der Waals surface area contributed by atoms with E-state index in [1.165, 1.54) is 0 Å². The van der Waals surface area contributed by atoms with Gasteiger partial charge in [0.2, 0.25) is 0 Å². The Morgan fingerprint density at radius 1 is 1.40 bits per heavy atom. The highest BCUT2D eigenvalue weighted by molar-refractivity contribution is 6.06. The minimum absolute atomic E-state index is 0.0197. The molecule has 0 spiro atoms. The lowest BCUT2D eigenvalue weighted by atomic mass is 10.1. The first kappa shape index (κ1) is 9.08. The summed E-state index contributed by atoms with van der Waals surface area (Å²) >= 11 is 0. The number of carbonyl (C=O) groups excluding carboxylic acids is 2. The van der Waals surface area contributed by atoms with Crippen LogP contribution < -0.4 is 0 Å². The molecule has 0 aliphatic heterocycles. The Balaban J connectivity index is 3.80. The SMILES string of the molecule is C=C(C)C(=O)CC(=O)CC. The van der Waals surface area contributed by atoms with Crippen LogP contribution in [-0.2, 0) is 9.59 Å². The number of carbonyl (C=O) groups is 2. The molecular formula is C8H12O2. The molecule has 0 heterocycles. The second kappa shape index (κ2) is 3.99. The van der Waals surface area contributed by atoms with E-state index in [0.717, 1.165) is 0 Å². The van der Waals surface area contributed by atoms with Gasteiger partial charge in [0, 0.05) is 6.42 Å².